The Balaban J connectivity index is 1.47. The smallest absolute Gasteiger partial charge is 0.423 e. The van der Waals surface area contributed by atoms with Gasteiger partial charge in [-0.3, -0.25) is 4.79 Å². The molecule has 1 saturated heterocycles. The molecule has 7 nitrogen and oxygen atoms in total. The number of fused-ring (bicyclic) bond motifs is 4. The molecule has 3 aliphatic rings. The second-order valence-electron chi connectivity index (χ2n) is 7.55. The van der Waals surface area contributed by atoms with Crippen LogP contribution in [0.4, 0.5) is 0 Å². The predicted molar refractivity (Wildman–Crippen MR) is 89.6 cm³/mol. The third-order valence-electron chi connectivity index (χ3n) is 6.03. The Kier molecular flexibility index (Phi) is 2.89. The number of nitriles is 1. The van der Waals surface area contributed by atoms with Crippen molar-refractivity contribution in [3.63, 3.8) is 0 Å². The number of rotatable bonds is 1. The molecule has 2 aromatic heterocycles. The van der Waals surface area contributed by atoms with Crippen LogP contribution in [0.15, 0.2) is 18.5 Å². The fraction of sp³-hybridized carbons (Fsp3) is 0.471. The molecule has 0 aromatic carbocycles. The van der Waals surface area contributed by atoms with Crippen LogP contribution in [-0.2, 0) is 15.0 Å². The largest absolute Gasteiger partial charge is 0.493 e. The lowest BCUT2D eigenvalue weighted by molar-refractivity contribution is -0.143. The van der Waals surface area contributed by atoms with Gasteiger partial charge in [-0.2, -0.15) is 5.26 Å². The molecule has 2 aliphatic heterocycles. The van der Waals surface area contributed by atoms with Gasteiger partial charge in [0, 0.05) is 41.7 Å². The summed E-state index contributed by atoms with van der Waals surface area (Å²) in [5, 5.41) is 20.1. The van der Waals surface area contributed by atoms with Gasteiger partial charge in [0.15, 0.2) is 0 Å². The van der Waals surface area contributed by atoms with Crippen LogP contribution in [0, 0.1) is 16.7 Å². The van der Waals surface area contributed by atoms with Gasteiger partial charge in [-0.05, 0) is 30.9 Å². The lowest BCUT2D eigenvalue weighted by atomic mass is 9.74. The van der Waals surface area contributed by atoms with E-state index in [2.05, 4.69) is 9.97 Å². The van der Waals surface area contributed by atoms with Crippen molar-refractivity contribution in [3.8, 4) is 6.07 Å². The molecule has 1 amide bonds. The van der Waals surface area contributed by atoms with Crippen LogP contribution in [0.5, 0.6) is 0 Å². The molecule has 2 N–H and O–H groups in total. The van der Waals surface area contributed by atoms with Gasteiger partial charge >= 0.3 is 7.12 Å². The van der Waals surface area contributed by atoms with Crippen LogP contribution in [0.1, 0.15) is 31.2 Å². The van der Waals surface area contributed by atoms with E-state index in [1.165, 1.54) is 0 Å². The number of nitrogens with one attached hydrogen (secondary N) is 1. The van der Waals surface area contributed by atoms with E-state index in [1.807, 2.05) is 18.3 Å². The lowest BCUT2D eigenvalue weighted by Gasteiger charge is -2.49. The molecule has 4 heterocycles. The molecule has 2 aromatic rings. The van der Waals surface area contributed by atoms with E-state index < -0.39 is 12.7 Å². The second-order valence-corrected chi connectivity index (χ2v) is 7.55. The highest BCUT2D eigenvalue weighted by atomic mass is 16.5. The van der Waals surface area contributed by atoms with E-state index in [4.69, 9.17) is 9.92 Å². The Morgan fingerprint density at radius 3 is 3.16 bits per heavy atom. The first kappa shape index (κ1) is 14.9. The van der Waals surface area contributed by atoms with Gasteiger partial charge in [-0.15, -0.1) is 0 Å². The highest BCUT2D eigenvalue weighted by Gasteiger charge is 2.60. The zero-order valence-corrected chi connectivity index (χ0v) is 13.7. The quantitative estimate of drug-likeness (QED) is 0.734. The maximum atomic E-state index is 11.9. The Labute approximate surface area is 144 Å². The summed E-state index contributed by atoms with van der Waals surface area (Å²) in [4.78, 5) is 21.1. The first-order valence-electron chi connectivity index (χ1n) is 8.53. The van der Waals surface area contributed by atoms with Crippen molar-refractivity contribution < 1.29 is 14.5 Å². The fourth-order valence-electron chi connectivity index (χ4n) is 5.01. The van der Waals surface area contributed by atoms with Gasteiger partial charge in [-0.25, -0.2) is 4.98 Å². The molecule has 1 atom stereocenters. The van der Waals surface area contributed by atoms with E-state index in [-0.39, 0.29) is 17.7 Å². The van der Waals surface area contributed by atoms with Crippen LogP contribution in [0.3, 0.4) is 0 Å². The Hall–Kier alpha value is -2.37. The maximum Gasteiger partial charge on any atom is 0.493 e. The van der Waals surface area contributed by atoms with Crippen molar-refractivity contribution in [1.29, 1.82) is 5.26 Å². The van der Waals surface area contributed by atoms with Gasteiger partial charge in [0.1, 0.15) is 12.1 Å². The lowest BCUT2D eigenvalue weighted by Crippen LogP contribution is -2.57. The zero-order valence-electron chi connectivity index (χ0n) is 13.7. The molecule has 126 valence electrons. The molecular weight excluding hydrogens is 319 g/mol. The number of H-pyrrole nitrogens is 1. The number of pyridine rings is 1. The highest BCUT2D eigenvalue weighted by Crippen LogP contribution is 2.57. The van der Waals surface area contributed by atoms with Crippen molar-refractivity contribution >= 4 is 29.5 Å². The Bertz CT molecular complexity index is 930. The molecule has 25 heavy (non-hydrogen) atoms. The van der Waals surface area contributed by atoms with Gasteiger partial charge in [0.2, 0.25) is 5.91 Å². The number of carbonyl (C=O) groups is 1. The van der Waals surface area contributed by atoms with Gasteiger partial charge in [0.05, 0.1) is 11.7 Å². The predicted octanol–water partition coefficient (Wildman–Crippen LogP) is 0.402. The van der Waals surface area contributed by atoms with E-state index in [1.54, 1.807) is 11.1 Å². The third-order valence-corrected chi connectivity index (χ3v) is 6.03. The van der Waals surface area contributed by atoms with E-state index >= 15 is 0 Å². The summed E-state index contributed by atoms with van der Waals surface area (Å²) in [5.41, 5.74) is 2.11. The molecule has 1 unspecified atom stereocenters. The summed E-state index contributed by atoms with van der Waals surface area (Å²) >= 11 is 0. The SMILES string of the molecule is N#CCC(=O)N1CC2(CCC3(C2)OB(O)c2cnc4[nH]ccc4c23)C1. The minimum absolute atomic E-state index is 0.0261. The average Bonchev–Trinajstić information content (AvgIpc) is 3.23. The Morgan fingerprint density at radius 2 is 2.36 bits per heavy atom. The number of aromatic amines is 1. The Morgan fingerprint density at radius 1 is 1.52 bits per heavy atom. The van der Waals surface area contributed by atoms with Crippen LogP contribution in [-0.4, -0.2) is 46.0 Å². The summed E-state index contributed by atoms with van der Waals surface area (Å²) in [5.74, 6) is -0.0981. The third kappa shape index (κ3) is 1.94. The highest BCUT2D eigenvalue weighted by molar-refractivity contribution is 6.62. The number of amides is 1. The van der Waals surface area contributed by atoms with E-state index in [9.17, 15) is 9.82 Å². The number of hydrogen-bond acceptors (Lipinski definition) is 5. The minimum atomic E-state index is -0.951. The van der Waals surface area contributed by atoms with Crippen molar-refractivity contribution in [1.82, 2.24) is 14.9 Å². The number of hydrogen-bond donors (Lipinski definition) is 2. The second kappa shape index (κ2) is 4.84. The normalized spacial score (nSPS) is 26.2. The first-order chi connectivity index (χ1) is 12.1. The molecular formula is C17H17BN4O3. The van der Waals surface area contributed by atoms with E-state index in [0.717, 1.165) is 41.3 Å². The first-order valence-corrected chi connectivity index (χ1v) is 8.53. The molecule has 1 aliphatic carbocycles. The topological polar surface area (TPSA) is 102 Å². The van der Waals surface area contributed by atoms with Gasteiger partial charge < -0.3 is 19.6 Å². The molecule has 0 bridgehead atoms. The van der Waals surface area contributed by atoms with Crippen molar-refractivity contribution in [2.45, 2.75) is 31.3 Å². The fourth-order valence-corrected chi connectivity index (χ4v) is 5.01. The average molecular weight is 336 g/mol. The molecule has 8 heteroatoms. The van der Waals surface area contributed by atoms with Crippen LogP contribution in [0.25, 0.3) is 11.0 Å². The number of aromatic nitrogens is 2. The van der Waals surface area contributed by atoms with Gasteiger partial charge in [0.25, 0.3) is 0 Å². The van der Waals surface area contributed by atoms with Crippen molar-refractivity contribution in [2.75, 3.05) is 13.1 Å². The molecule has 2 spiro atoms. The molecule has 1 saturated carbocycles. The molecule has 5 rings (SSSR count). The minimum Gasteiger partial charge on any atom is -0.423 e. The molecule has 2 fully saturated rings. The number of nitrogens with zero attached hydrogens (tertiary/aromatic N) is 3. The monoisotopic (exact) mass is 336 g/mol. The van der Waals surface area contributed by atoms with Crippen LogP contribution >= 0.6 is 0 Å². The standard InChI is InChI=1S/C17H17BN4O3/c19-5-1-13(23)22-9-16(10-22)3-4-17(8-16)14-11-2-6-20-15(11)21-7-12(14)18(24)25-17/h2,6-7,24H,1,3-4,8-10H2,(H,20,21). The molecule has 0 radical (unpaired) electrons. The summed E-state index contributed by atoms with van der Waals surface area (Å²) in [7, 11) is -0.951. The number of likely N-dealkylation sites (tertiary alicyclic amines) is 1. The van der Waals surface area contributed by atoms with Crippen LogP contribution in [0.2, 0.25) is 0 Å². The zero-order chi connectivity index (χ0) is 17.2. The van der Waals surface area contributed by atoms with E-state index in [0.29, 0.717) is 13.1 Å². The number of carbonyl (C=O) groups excluding carboxylic acids is 1. The maximum absolute atomic E-state index is 11.9. The summed E-state index contributed by atoms with van der Waals surface area (Å²) < 4.78 is 6.08. The van der Waals surface area contributed by atoms with Crippen LogP contribution < -0.4 is 5.46 Å². The summed E-state index contributed by atoms with van der Waals surface area (Å²) in [6, 6.07) is 3.91. The van der Waals surface area contributed by atoms with Gasteiger partial charge in [-0.1, -0.05) is 0 Å². The van der Waals surface area contributed by atoms with Crippen molar-refractivity contribution in [3.05, 3.63) is 24.0 Å². The summed E-state index contributed by atoms with van der Waals surface area (Å²) in [6.07, 6.45) is 6.04. The summed E-state index contributed by atoms with van der Waals surface area (Å²) in [6.45, 7) is 1.34. The van der Waals surface area contributed by atoms with Crippen molar-refractivity contribution in [2.24, 2.45) is 5.41 Å².